The largest absolute Gasteiger partial charge is 0.333 e. The van der Waals surface area contributed by atoms with E-state index in [-0.39, 0.29) is 24.2 Å². The Morgan fingerprint density at radius 2 is 1.65 bits per heavy atom. The van der Waals surface area contributed by atoms with Gasteiger partial charge < -0.3 is 5.32 Å². The summed E-state index contributed by atoms with van der Waals surface area (Å²) in [6, 6.07) is 14.4. The summed E-state index contributed by atoms with van der Waals surface area (Å²) < 4.78 is 12.8. The highest BCUT2D eigenvalue weighted by Gasteiger charge is 2.10. The van der Waals surface area contributed by atoms with E-state index in [9.17, 15) is 14.0 Å². The van der Waals surface area contributed by atoms with Gasteiger partial charge in [-0.2, -0.15) is 0 Å². The van der Waals surface area contributed by atoms with Crippen LogP contribution in [-0.2, 0) is 11.2 Å². The fourth-order valence-electron chi connectivity index (χ4n) is 2.02. The normalized spacial score (nSPS) is 11.4. The van der Waals surface area contributed by atoms with E-state index >= 15 is 0 Å². The Morgan fingerprint density at radius 1 is 1.00 bits per heavy atom. The van der Waals surface area contributed by atoms with E-state index in [1.807, 2.05) is 37.3 Å². The first-order valence-corrected chi connectivity index (χ1v) is 7.19. The summed E-state index contributed by atoms with van der Waals surface area (Å²) in [6.07, 6.45) is 0.0504. The van der Waals surface area contributed by atoms with Crippen LogP contribution in [0.15, 0.2) is 54.6 Å². The third kappa shape index (κ3) is 5.43. The van der Waals surface area contributed by atoms with Crippen LogP contribution in [-0.4, -0.2) is 11.9 Å². The van der Waals surface area contributed by atoms with Crippen molar-refractivity contribution in [1.29, 1.82) is 0 Å². The highest BCUT2D eigenvalue weighted by Crippen LogP contribution is 2.10. The lowest BCUT2D eigenvalue weighted by Crippen LogP contribution is -2.47. The molecule has 0 aliphatic carbocycles. The summed E-state index contributed by atoms with van der Waals surface area (Å²) in [4.78, 5) is 23.5. The highest BCUT2D eigenvalue weighted by atomic mass is 19.1. The lowest BCUT2D eigenvalue weighted by molar-refractivity contribution is -0.121. The van der Waals surface area contributed by atoms with Gasteiger partial charge in [-0.25, -0.2) is 14.6 Å². The van der Waals surface area contributed by atoms with Crippen molar-refractivity contribution in [3.8, 4) is 0 Å². The van der Waals surface area contributed by atoms with Crippen LogP contribution < -0.4 is 16.2 Å². The number of hydrogen-bond donors (Lipinski definition) is 3. The van der Waals surface area contributed by atoms with Gasteiger partial charge in [0.25, 0.3) is 0 Å². The van der Waals surface area contributed by atoms with Crippen LogP contribution in [0.1, 0.15) is 24.1 Å². The molecule has 0 spiro atoms. The molecule has 2 rings (SSSR count). The third-order valence-electron chi connectivity index (χ3n) is 3.24. The molecule has 0 aromatic heterocycles. The minimum Gasteiger partial charge on any atom is -0.330 e. The molecule has 0 aliphatic rings. The smallest absolute Gasteiger partial charge is 0.330 e. The average Bonchev–Trinajstić information content (AvgIpc) is 2.56. The SMILES string of the molecule is CC(NC(=O)NNC(=O)Cc1ccc(F)cc1)c1ccccc1. The number of halogens is 1. The first kappa shape index (κ1) is 16.5. The van der Waals surface area contributed by atoms with Gasteiger partial charge in [0, 0.05) is 0 Å². The summed E-state index contributed by atoms with van der Waals surface area (Å²) in [7, 11) is 0. The molecule has 120 valence electrons. The fourth-order valence-corrected chi connectivity index (χ4v) is 2.02. The zero-order chi connectivity index (χ0) is 16.7. The minimum atomic E-state index is -0.506. The number of carbonyl (C=O) groups excluding carboxylic acids is 2. The minimum absolute atomic E-state index is 0.0504. The lowest BCUT2D eigenvalue weighted by atomic mass is 10.1. The Morgan fingerprint density at radius 3 is 2.30 bits per heavy atom. The van der Waals surface area contributed by atoms with Crippen molar-refractivity contribution < 1.29 is 14.0 Å². The Labute approximate surface area is 133 Å². The highest BCUT2D eigenvalue weighted by molar-refractivity contribution is 5.82. The van der Waals surface area contributed by atoms with Gasteiger partial charge in [0.15, 0.2) is 0 Å². The topological polar surface area (TPSA) is 70.2 Å². The zero-order valence-electron chi connectivity index (χ0n) is 12.7. The Kier molecular flexibility index (Phi) is 5.68. The van der Waals surface area contributed by atoms with Crippen LogP contribution in [0.2, 0.25) is 0 Å². The summed E-state index contributed by atoms with van der Waals surface area (Å²) >= 11 is 0. The summed E-state index contributed by atoms with van der Waals surface area (Å²) in [6.45, 7) is 1.84. The molecule has 3 N–H and O–H groups in total. The number of urea groups is 1. The van der Waals surface area contributed by atoms with Gasteiger partial charge in [-0.3, -0.25) is 10.2 Å². The van der Waals surface area contributed by atoms with E-state index in [0.29, 0.717) is 5.56 Å². The fraction of sp³-hybridized carbons (Fsp3) is 0.176. The van der Waals surface area contributed by atoms with Crippen molar-refractivity contribution in [3.05, 3.63) is 71.5 Å². The molecule has 0 bridgehead atoms. The molecule has 6 heteroatoms. The Bertz CT molecular complexity index is 659. The molecule has 0 saturated carbocycles. The van der Waals surface area contributed by atoms with Gasteiger partial charge in [-0.1, -0.05) is 42.5 Å². The molecule has 3 amide bonds. The maximum Gasteiger partial charge on any atom is 0.333 e. The standard InChI is InChI=1S/C17H18FN3O2/c1-12(14-5-3-2-4-6-14)19-17(23)21-20-16(22)11-13-7-9-15(18)10-8-13/h2-10,12H,11H2,1H3,(H,20,22)(H2,19,21,23). The van der Waals surface area contributed by atoms with Crippen LogP contribution in [0, 0.1) is 5.82 Å². The summed E-state index contributed by atoms with van der Waals surface area (Å²) in [5.74, 6) is -0.749. The number of amides is 3. The Balaban J connectivity index is 1.75. The van der Waals surface area contributed by atoms with Crippen LogP contribution in [0.5, 0.6) is 0 Å². The van der Waals surface area contributed by atoms with E-state index in [0.717, 1.165) is 5.56 Å². The molecular weight excluding hydrogens is 297 g/mol. The van der Waals surface area contributed by atoms with Crippen LogP contribution in [0.4, 0.5) is 9.18 Å². The van der Waals surface area contributed by atoms with Crippen LogP contribution >= 0.6 is 0 Å². The number of hydrogen-bond acceptors (Lipinski definition) is 2. The molecule has 1 unspecified atom stereocenters. The Hall–Kier alpha value is -2.89. The van der Waals surface area contributed by atoms with E-state index in [4.69, 9.17) is 0 Å². The van der Waals surface area contributed by atoms with Crippen molar-refractivity contribution in [2.24, 2.45) is 0 Å². The predicted molar refractivity (Wildman–Crippen MR) is 84.8 cm³/mol. The molecule has 0 heterocycles. The van der Waals surface area contributed by atoms with Crippen molar-refractivity contribution in [2.75, 3.05) is 0 Å². The van der Waals surface area contributed by atoms with Crippen molar-refractivity contribution in [3.63, 3.8) is 0 Å². The maximum atomic E-state index is 12.8. The van der Waals surface area contributed by atoms with Gasteiger partial charge in [-0.05, 0) is 30.2 Å². The average molecular weight is 315 g/mol. The maximum absolute atomic E-state index is 12.8. The predicted octanol–water partition coefficient (Wildman–Crippen LogP) is 2.46. The third-order valence-corrected chi connectivity index (χ3v) is 3.24. The van der Waals surface area contributed by atoms with Crippen LogP contribution in [0.3, 0.4) is 0 Å². The van der Waals surface area contributed by atoms with Crippen molar-refractivity contribution in [2.45, 2.75) is 19.4 Å². The number of rotatable bonds is 4. The van der Waals surface area contributed by atoms with Gasteiger partial charge in [-0.15, -0.1) is 0 Å². The second-order valence-corrected chi connectivity index (χ2v) is 5.08. The van der Waals surface area contributed by atoms with Gasteiger partial charge >= 0.3 is 6.03 Å². The van der Waals surface area contributed by atoms with Crippen LogP contribution in [0.25, 0.3) is 0 Å². The van der Waals surface area contributed by atoms with E-state index in [2.05, 4.69) is 16.2 Å². The molecule has 2 aromatic carbocycles. The number of carbonyl (C=O) groups is 2. The molecule has 1 atom stereocenters. The van der Waals surface area contributed by atoms with E-state index < -0.39 is 6.03 Å². The second kappa shape index (κ2) is 7.93. The molecule has 5 nitrogen and oxygen atoms in total. The van der Waals surface area contributed by atoms with Gasteiger partial charge in [0.1, 0.15) is 5.82 Å². The number of benzene rings is 2. The molecule has 0 fully saturated rings. The second-order valence-electron chi connectivity index (χ2n) is 5.08. The van der Waals surface area contributed by atoms with Crippen molar-refractivity contribution in [1.82, 2.24) is 16.2 Å². The quantitative estimate of drug-likeness (QED) is 0.759. The molecular formula is C17H18FN3O2. The molecule has 23 heavy (non-hydrogen) atoms. The molecule has 2 aromatic rings. The first-order valence-electron chi connectivity index (χ1n) is 7.19. The van der Waals surface area contributed by atoms with E-state index in [1.165, 1.54) is 24.3 Å². The van der Waals surface area contributed by atoms with E-state index in [1.54, 1.807) is 0 Å². The lowest BCUT2D eigenvalue weighted by Gasteiger charge is -2.15. The monoisotopic (exact) mass is 315 g/mol. The van der Waals surface area contributed by atoms with Crippen molar-refractivity contribution >= 4 is 11.9 Å². The zero-order valence-corrected chi connectivity index (χ0v) is 12.7. The van der Waals surface area contributed by atoms with Gasteiger partial charge in [0.2, 0.25) is 5.91 Å². The van der Waals surface area contributed by atoms with Gasteiger partial charge in [0.05, 0.1) is 12.5 Å². The number of nitrogens with one attached hydrogen (secondary N) is 3. The number of hydrazine groups is 1. The summed E-state index contributed by atoms with van der Waals surface area (Å²) in [5.41, 5.74) is 6.21. The first-order chi connectivity index (χ1) is 11.0. The molecule has 0 aliphatic heterocycles. The molecule has 0 radical (unpaired) electrons. The summed E-state index contributed by atoms with van der Waals surface area (Å²) in [5, 5.41) is 2.71. The molecule has 0 saturated heterocycles.